The molecule has 1 fully saturated rings. The van der Waals surface area contributed by atoms with Crippen LogP contribution in [-0.4, -0.2) is 29.8 Å². The van der Waals surface area contributed by atoms with E-state index in [2.05, 4.69) is 50.0 Å². The number of aliphatic hydroxyl groups excluding tert-OH is 1. The second-order valence-electron chi connectivity index (χ2n) is 7.17. The van der Waals surface area contributed by atoms with Crippen molar-refractivity contribution in [3.63, 3.8) is 0 Å². The molecule has 1 heterocycles. The second kappa shape index (κ2) is 6.55. The summed E-state index contributed by atoms with van der Waals surface area (Å²) in [7, 11) is 0. The van der Waals surface area contributed by atoms with Gasteiger partial charge in [0.2, 0.25) is 0 Å². The molecule has 2 atom stereocenters. The third kappa shape index (κ3) is 4.60. The van der Waals surface area contributed by atoms with Gasteiger partial charge in [0.1, 0.15) is 0 Å². The minimum absolute atomic E-state index is 0.0955. The summed E-state index contributed by atoms with van der Waals surface area (Å²) in [6, 6.07) is 6.22. The van der Waals surface area contributed by atoms with E-state index in [9.17, 15) is 5.11 Å². The molecule has 21 heavy (non-hydrogen) atoms. The van der Waals surface area contributed by atoms with Crippen molar-refractivity contribution in [2.45, 2.75) is 52.3 Å². The van der Waals surface area contributed by atoms with Crippen molar-refractivity contribution in [1.82, 2.24) is 5.32 Å². The van der Waals surface area contributed by atoms with Crippen molar-refractivity contribution in [2.75, 3.05) is 18.0 Å². The lowest BCUT2D eigenvalue weighted by atomic mass is 9.95. The van der Waals surface area contributed by atoms with Gasteiger partial charge in [-0.3, -0.25) is 0 Å². The molecule has 1 saturated heterocycles. The van der Waals surface area contributed by atoms with Crippen molar-refractivity contribution < 1.29 is 5.11 Å². The molecule has 4 heteroatoms. The highest BCUT2D eigenvalue weighted by Crippen LogP contribution is 2.30. The van der Waals surface area contributed by atoms with Crippen molar-refractivity contribution in [2.24, 2.45) is 5.92 Å². The van der Waals surface area contributed by atoms with Crippen LogP contribution in [0, 0.1) is 5.92 Å². The summed E-state index contributed by atoms with van der Waals surface area (Å²) in [4.78, 5) is 2.19. The van der Waals surface area contributed by atoms with Crippen LogP contribution in [0.5, 0.6) is 0 Å². The van der Waals surface area contributed by atoms with Crippen LogP contribution in [0.2, 0.25) is 5.02 Å². The lowest BCUT2D eigenvalue weighted by molar-refractivity contribution is 0.103. The Labute approximate surface area is 133 Å². The molecule has 0 saturated carbocycles. The highest BCUT2D eigenvalue weighted by atomic mass is 35.5. The zero-order chi connectivity index (χ0) is 15.6. The molecule has 3 nitrogen and oxygen atoms in total. The molecule has 0 spiro atoms. The van der Waals surface area contributed by atoms with Crippen LogP contribution in [0.3, 0.4) is 0 Å². The molecular formula is C17H27ClN2O. The average Bonchev–Trinajstić information content (AvgIpc) is 2.39. The minimum Gasteiger partial charge on any atom is -0.391 e. The van der Waals surface area contributed by atoms with Gasteiger partial charge in [0, 0.05) is 25.2 Å². The van der Waals surface area contributed by atoms with E-state index >= 15 is 0 Å². The van der Waals surface area contributed by atoms with Crippen molar-refractivity contribution in [3.05, 3.63) is 28.8 Å². The largest absolute Gasteiger partial charge is 0.391 e. The number of aliphatic hydroxyl groups is 1. The average molecular weight is 311 g/mol. The van der Waals surface area contributed by atoms with E-state index < -0.39 is 0 Å². The molecule has 1 aliphatic rings. The summed E-state index contributed by atoms with van der Waals surface area (Å²) in [5.74, 6) is 0.371. The van der Waals surface area contributed by atoms with Crippen LogP contribution < -0.4 is 10.2 Å². The Bertz CT molecular complexity index is 484. The number of hydrogen-bond donors (Lipinski definition) is 2. The van der Waals surface area contributed by atoms with Gasteiger partial charge in [-0.1, -0.05) is 24.6 Å². The molecule has 0 bridgehead atoms. The zero-order valence-corrected chi connectivity index (χ0v) is 14.2. The van der Waals surface area contributed by atoms with E-state index in [1.165, 1.54) is 5.56 Å². The number of rotatable bonds is 3. The topological polar surface area (TPSA) is 35.5 Å². The molecule has 0 radical (unpaired) electrons. The monoisotopic (exact) mass is 310 g/mol. The molecule has 2 N–H and O–H groups in total. The van der Waals surface area contributed by atoms with Gasteiger partial charge in [-0.05, 0) is 50.8 Å². The van der Waals surface area contributed by atoms with Gasteiger partial charge >= 0.3 is 0 Å². The fourth-order valence-corrected chi connectivity index (χ4v) is 2.87. The Morgan fingerprint density at radius 1 is 1.38 bits per heavy atom. The maximum absolute atomic E-state index is 10.0. The Morgan fingerprint density at radius 2 is 2.10 bits per heavy atom. The molecule has 2 rings (SSSR count). The number of hydrogen-bond acceptors (Lipinski definition) is 3. The van der Waals surface area contributed by atoms with E-state index in [1.807, 2.05) is 6.07 Å². The summed E-state index contributed by atoms with van der Waals surface area (Å²) >= 11 is 6.45. The van der Waals surface area contributed by atoms with Crippen LogP contribution in [-0.2, 0) is 6.54 Å². The molecule has 118 valence electrons. The molecular weight excluding hydrogens is 284 g/mol. The fourth-order valence-electron chi connectivity index (χ4n) is 2.55. The van der Waals surface area contributed by atoms with Gasteiger partial charge in [0.05, 0.1) is 16.8 Å². The van der Waals surface area contributed by atoms with Crippen molar-refractivity contribution in [1.29, 1.82) is 0 Å². The molecule has 0 amide bonds. The highest BCUT2D eigenvalue weighted by molar-refractivity contribution is 6.33. The minimum atomic E-state index is -0.267. The van der Waals surface area contributed by atoms with E-state index in [4.69, 9.17) is 11.6 Å². The van der Waals surface area contributed by atoms with Gasteiger partial charge in [0.15, 0.2) is 0 Å². The van der Waals surface area contributed by atoms with Crippen molar-refractivity contribution in [3.8, 4) is 0 Å². The first-order chi connectivity index (χ1) is 9.76. The maximum atomic E-state index is 10.0. The first-order valence-corrected chi connectivity index (χ1v) is 8.10. The smallest absolute Gasteiger partial charge is 0.0741 e. The number of nitrogens with one attached hydrogen (secondary N) is 1. The van der Waals surface area contributed by atoms with Gasteiger partial charge in [-0.15, -0.1) is 0 Å². The Morgan fingerprint density at radius 3 is 2.67 bits per heavy atom. The number of nitrogens with zero attached hydrogens (tertiary/aromatic N) is 1. The van der Waals surface area contributed by atoms with Crippen molar-refractivity contribution >= 4 is 17.3 Å². The van der Waals surface area contributed by atoms with Crippen LogP contribution in [0.25, 0.3) is 0 Å². The predicted octanol–water partition coefficient (Wildman–Crippen LogP) is 3.44. The maximum Gasteiger partial charge on any atom is 0.0741 e. The third-order valence-electron chi connectivity index (χ3n) is 4.09. The number of β-amino-alcohol motifs (C(OH)–C–C–N with tert-alkyl or cyclic N) is 1. The molecule has 0 aromatic heterocycles. The van der Waals surface area contributed by atoms with Gasteiger partial charge in [-0.25, -0.2) is 0 Å². The lowest BCUT2D eigenvalue weighted by Crippen LogP contribution is -2.43. The third-order valence-corrected chi connectivity index (χ3v) is 4.40. The van der Waals surface area contributed by atoms with Gasteiger partial charge < -0.3 is 15.3 Å². The normalized spacial score (nSPS) is 23.4. The van der Waals surface area contributed by atoms with Gasteiger partial charge in [-0.2, -0.15) is 0 Å². The van der Waals surface area contributed by atoms with E-state index in [1.54, 1.807) is 0 Å². The van der Waals surface area contributed by atoms with Crippen LogP contribution in [0.15, 0.2) is 18.2 Å². The Kier molecular flexibility index (Phi) is 5.18. The number of benzene rings is 1. The van der Waals surface area contributed by atoms with E-state index in [-0.39, 0.29) is 11.6 Å². The quantitative estimate of drug-likeness (QED) is 0.898. The van der Waals surface area contributed by atoms with Gasteiger partial charge in [0.25, 0.3) is 0 Å². The predicted molar refractivity (Wildman–Crippen MR) is 90.0 cm³/mol. The number of anilines is 1. The lowest BCUT2D eigenvalue weighted by Gasteiger charge is -2.36. The standard InChI is InChI=1S/C17H27ClN2O/c1-12-7-8-20(11-16(12)21)15-6-5-13(9-14(15)18)10-19-17(2,3)4/h5-6,9,12,16,19,21H,7-8,10-11H2,1-4H3. The summed E-state index contributed by atoms with van der Waals surface area (Å²) in [5, 5.41) is 14.3. The first-order valence-electron chi connectivity index (χ1n) is 7.73. The van der Waals surface area contributed by atoms with Crippen LogP contribution in [0.4, 0.5) is 5.69 Å². The molecule has 1 aliphatic heterocycles. The van der Waals surface area contributed by atoms with Crippen LogP contribution >= 0.6 is 11.6 Å². The van der Waals surface area contributed by atoms with E-state index in [0.717, 1.165) is 30.2 Å². The Balaban J connectivity index is 2.05. The summed E-state index contributed by atoms with van der Waals surface area (Å²) in [5.41, 5.74) is 2.31. The second-order valence-corrected chi connectivity index (χ2v) is 7.58. The summed E-state index contributed by atoms with van der Waals surface area (Å²) < 4.78 is 0. The molecule has 0 aliphatic carbocycles. The molecule has 1 aromatic rings. The fraction of sp³-hybridized carbons (Fsp3) is 0.647. The van der Waals surface area contributed by atoms with E-state index in [0.29, 0.717) is 12.5 Å². The van der Waals surface area contributed by atoms with Crippen LogP contribution in [0.1, 0.15) is 39.7 Å². The highest BCUT2D eigenvalue weighted by Gasteiger charge is 2.25. The first kappa shape index (κ1) is 16.6. The Hall–Kier alpha value is -0.770. The SMILES string of the molecule is CC1CCN(c2ccc(CNC(C)(C)C)cc2Cl)CC1O. The summed E-state index contributed by atoms with van der Waals surface area (Å²) in [6.45, 7) is 11.0. The number of piperidine rings is 1. The molecule has 2 unspecified atom stereocenters. The summed E-state index contributed by atoms with van der Waals surface area (Å²) in [6.07, 6.45) is 0.738. The zero-order valence-electron chi connectivity index (χ0n) is 13.5. The number of halogens is 1. The molecule has 1 aromatic carbocycles.